The van der Waals surface area contributed by atoms with Crippen LogP contribution < -0.4 is 0 Å². The van der Waals surface area contributed by atoms with Gasteiger partial charge in [0.05, 0.1) is 0 Å². The van der Waals surface area contributed by atoms with Crippen molar-refractivity contribution >= 4 is 17.6 Å². The van der Waals surface area contributed by atoms with Crippen LogP contribution in [0, 0.1) is 0 Å². The highest BCUT2D eigenvalue weighted by molar-refractivity contribution is 6.28. The first-order chi connectivity index (χ1) is 4.13. The lowest BCUT2D eigenvalue weighted by Crippen LogP contribution is -1.97. The summed E-state index contributed by atoms with van der Waals surface area (Å²) in [6, 6.07) is 0. The molecule has 0 heterocycles. The van der Waals surface area contributed by atoms with Crippen molar-refractivity contribution in [2.75, 3.05) is 6.61 Å². The van der Waals surface area contributed by atoms with Crippen molar-refractivity contribution in [1.82, 2.24) is 0 Å². The fourth-order valence-corrected chi connectivity index (χ4v) is 0.285. The maximum atomic E-state index is 11.6. The highest BCUT2D eigenvalue weighted by Gasteiger charge is 1.89. The predicted molar refractivity (Wildman–Crippen MR) is 31.7 cm³/mol. The molecular formula is C5H6ClFO2. The van der Waals surface area contributed by atoms with E-state index < -0.39 is 11.3 Å². The summed E-state index contributed by atoms with van der Waals surface area (Å²) in [5.74, 6) is -0.454. The molecule has 0 aliphatic carbocycles. The molecule has 0 aliphatic heterocycles. The number of hydrogen-bond donors (Lipinski definition) is 0. The van der Waals surface area contributed by atoms with Gasteiger partial charge < -0.3 is 4.74 Å². The van der Waals surface area contributed by atoms with Crippen LogP contribution >= 0.6 is 11.6 Å². The Kier molecular flexibility index (Phi) is 4.05. The third-order valence-corrected chi connectivity index (χ3v) is 0.679. The third-order valence-electron chi connectivity index (χ3n) is 0.524. The Morgan fingerprint density at radius 1 is 1.89 bits per heavy atom. The first-order valence-corrected chi connectivity index (χ1v) is 2.65. The van der Waals surface area contributed by atoms with Gasteiger partial charge in [-0.3, -0.25) is 4.79 Å². The molecule has 0 saturated carbocycles. The number of ether oxygens (including phenoxy) is 1. The van der Waals surface area contributed by atoms with E-state index in [9.17, 15) is 9.18 Å². The SMILES string of the molecule is CC(=O)OC/C=C(/F)Cl. The fourth-order valence-electron chi connectivity index (χ4n) is 0.222. The Labute approximate surface area is 57.3 Å². The van der Waals surface area contributed by atoms with E-state index in [1.165, 1.54) is 6.92 Å². The molecule has 0 aromatic carbocycles. The number of halogens is 2. The lowest BCUT2D eigenvalue weighted by molar-refractivity contribution is -0.139. The van der Waals surface area contributed by atoms with Crippen molar-refractivity contribution in [2.24, 2.45) is 0 Å². The quantitative estimate of drug-likeness (QED) is 0.562. The average Bonchev–Trinajstić information content (AvgIpc) is 1.63. The maximum absolute atomic E-state index is 11.6. The molecule has 0 amide bonds. The van der Waals surface area contributed by atoms with Gasteiger partial charge in [0.15, 0.2) is 5.29 Å². The van der Waals surface area contributed by atoms with Crippen LogP contribution in [0.1, 0.15) is 6.92 Å². The molecule has 0 N–H and O–H groups in total. The predicted octanol–water partition coefficient (Wildman–Crippen LogP) is 1.60. The molecule has 0 saturated heterocycles. The zero-order valence-electron chi connectivity index (χ0n) is 4.86. The van der Waals surface area contributed by atoms with Crippen LogP contribution in [-0.4, -0.2) is 12.6 Å². The van der Waals surface area contributed by atoms with E-state index in [1.807, 2.05) is 0 Å². The van der Waals surface area contributed by atoms with Gasteiger partial charge in [-0.25, -0.2) is 0 Å². The standard InChI is InChI=1S/C5H6ClFO2/c1-4(8)9-3-2-5(6)7/h2H,3H2,1H3/b5-2+. The molecule has 0 fully saturated rings. The van der Waals surface area contributed by atoms with Crippen LogP contribution in [0.25, 0.3) is 0 Å². The molecule has 9 heavy (non-hydrogen) atoms. The lowest BCUT2D eigenvalue weighted by Gasteiger charge is -1.92. The number of hydrogen-bond acceptors (Lipinski definition) is 2. The van der Waals surface area contributed by atoms with Crippen LogP contribution in [0.2, 0.25) is 0 Å². The number of esters is 1. The van der Waals surface area contributed by atoms with E-state index in [4.69, 9.17) is 11.6 Å². The molecule has 0 unspecified atom stereocenters. The topological polar surface area (TPSA) is 26.3 Å². The lowest BCUT2D eigenvalue weighted by atomic mass is 10.7. The van der Waals surface area contributed by atoms with Crippen molar-refractivity contribution in [2.45, 2.75) is 6.92 Å². The average molecular weight is 153 g/mol. The van der Waals surface area contributed by atoms with Crippen molar-refractivity contribution in [1.29, 1.82) is 0 Å². The fraction of sp³-hybridized carbons (Fsp3) is 0.400. The van der Waals surface area contributed by atoms with Crippen LogP contribution in [0.15, 0.2) is 11.4 Å². The van der Waals surface area contributed by atoms with Crippen LogP contribution in [0.4, 0.5) is 4.39 Å². The monoisotopic (exact) mass is 152 g/mol. The molecule has 0 aliphatic rings. The van der Waals surface area contributed by atoms with Gasteiger partial charge in [0.1, 0.15) is 6.61 Å². The maximum Gasteiger partial charge on any atom is 0.302 e. The summed E-state index contributed by atoms with van der Waals surface area (Å²) in [5, 5.41) is -0.865. The van der Waals surface area contributed by atoms with Gasteiger partial charge in [-0.15, -0.1) is 0 Å². The van der Waals surface area contributed by atoms with E-state index >= 15 is 0 Å². The minimum Gasteiger partial charge on any atom is -0.461 e. The molecule has 0 atom stereocenters. The summed E-state index contributed by atoms with van der Waals surface area (Å²) < 4.78 is 15.9. The smallest absolute Gasteiger partial charge is 0.302 e. The Hall–Kier alpha value is -0.570. The first kappa shape index (κ1) is 8.43. The number of rotatable bonds is 2. The van der Waals surface area contributed by atoms with Gasteiger partial charge in [0.25, 0.3) is 0 Å². The zero-order chi connectivity index (χ0) is 7.28. The minimum atomic E-state index is -0.865. The van der Waals surface area contributed by atoms with E-state index in [1.54, 1.807) is 0 Å². The summed E-state index contributed by atoms with van der Waals surface area (Å²) in [5.41, 5.74) is 0. The van der Waals surface area contributed by atoms with Crippen molar-refractivity contribution in [3.8, 4) is 0 Å². The number of carbonyl (C=O) groups excluding carboxylic acids is 1. The molecule has 0 spiro atoms. The van der Waals surface area contributed by atoms with E-state index in [0.29, 0.717) is 0 Å². The van der Waals surface area contributed by atoms with Gasteiger partial charge in [-0.2, -0.15) is 4.39 Å². The largest absolute Gasteiger partial charge is 0.461 e. The first-order valence-electron chi connectivity index (χ1n) is 2.27. The minimum absolute atomic E-state index is 0.106. The molecule has 0 aromatic rings. The third kappa shape index (κ3) is 7.43. The van der Waals surface area contributed by atoms with Gasteiger partial charge in [-0.05, 0) is 0 Å². The summed E-state index contributed by atoms with van der Waals surface area (Å²) in [7, 11) is 0. The Morgan fingerprint density at radius 2 is 2.44 bits per heavy atom. The summed E-state index contributed by atoms with van der Waals surface area (Å²) in [6.07, 6.45) is 0.961. The summed E-state index contributed by atoms with van der Waals surface area (Å²) >= 11 is 4.76. The van der Waals surface area contributed by atoms with Gasteiger partial charge >= 0.3 is 5.97 Å². The molecule has 52 valence electrons. The van der Waals surface area contributed by atoms with Gasteiger partial charge in [0, 0.05) is 13.0 Å². The Morgan fingerprint density at radius 3 is 2.78 bits per heavy atom. The molecule has 0 rings (SSSR count). The van der Waals surface area contributed by atoms with Gasteiger partial charge in [-0.1, -0.05) is 11.6 Å². The van der Waals surface area contributed by atoms with E-state index in [-0.39, 0.29) is 6.61 Å². The normalized spacial score (nSPS) is 11.2. The second-order valence-electron chi connectivity index (χ2n) is 1.30. The molecular weight excluding hydrogens is 147 g/mol. The Balaban J connectivity index is 3.31. The van der Waals surface area contributed by atoms with Gasteiger partial charge in [0.2, 0.25) is 0 Å². The molecule has 2 nitrogen and oxygen atoms in total. The van der Waals surface area contributed by atoms with Crippen molar-refractivity contribution in [3.63, 3.8) is 0 Å². The molecule has 4 heteroatoms. The van der Waals surface area contributed by atoms with Crippen LogP contribution in [0.3, 0.4) is 0 Å². The van der Waals surface area contributed by atoms with Crippen molar-refractivity contribution < 1.29 is 13.9 Å². The van der Waals surface area contributed by atoms with Crippen LogP contribution in [-0.2, 0) is 9.53 Å². The number of carbonyl (C=O) groups is 1. The van der Waals surface area contributed by atoms with Crippen molar-refractivity contribution in [3.05, 3.63) is 11.4 Å². The zero-order valence-corrected chi connectivity index (χ0v) is 5.61. The molecule has 0 radical (unpaired) electrons. The second kappa shape index (κ2) is 4.32. The highest BCUT2D eigenvalue weighted by Crippen LogP contribution is 1.99. The Bertz CT molecular complexity index is 129. The molecule has 0 bridgehead atoms. The summed E-state index contributed by atoms with van der Waals surface area (Å²) in [4.78, 5) is 10.0. The van der Waals surface area contributed by atoms with Crippen LogP contribution in [0.5, 0.6) is 0 Å². The second-order valence-corrected chi connectivity index (χ2v) is 1.66. The highest BCUT2D eigenvalue weighted by atomic mass is 35.5. The van der Waals surface area contributed by atoms with E-state index in [0.717, 1.165) is 6.08 Å². The van der Waals surface area contributed by atoms with E-state index in [2.05, 4.69) is 4.74 Å². The molecule has 0 aromatic heterocycles. The summed E-state index contributed by atoms with van der Waals surface area (Å²) in [6.45, 7) is 1.13.